The summed E-state index contributed by atoms with van der Waals surface area (Å²) < 4.78 is 0. The average molecular weight is 229 g/mol. The fourth-order valence-corrected chi connectivity index (χ4v) is 1.68. The van der Waals surface area contributed by atoms with Gasteiger partial charge in [0, 0.05) is 19.3 Å². The SMILES string of the molecule is Cc1[nH]cnc1C(=O)N(C)Cc1ccccc1. The molecular weight excluding hydrogens is 214 g/mol. The van der Waals surface area contributed by atoms with E-state index in [1.165, 1.54) is 0 Å². The molecule has 0 spiro atoms. The van der Waals surface area contributed by atoms with Crippen LogP contribution in [0.5, 0.6) is 0 Å². The number of carbonyl (C=O) groups excluding carboxylic acids is 1. The molecule has 1 aromatic heterocycles. The monoisotopic (exact) mass is 229 g/mol. The maximum atomic E-state index is 12.1. The zero-order valence-electron chi connectivity index (χ0n) is 9.97. The quantitative estimate of drug-likeness (QED) is 0.875. The van der Waals surface area contributed by atoms with Crippen LogP contribution >= 0.6 is 0 Å². The van der Waals surface area contributed by atoms with Crippen LogP contribution in [0.1, 0.15) is 21.7 Å². The van der Waals surface area contributed by atoms with Crippen LogP contribution in [0.4, 0.5) is 0 Å². The number of amides is 1. The van der Waals surface area contributed by atoms with E-state index in [9.17, 15) is 4.79 Å². The number of hydrogen-bond acceptors (Lipinski definition) is 2. The standard InChI is InChI=1S/C13H15N3O/c1-10-12(15-9-14-10)13(17)16(2)8-11-6-4-3-5-7-11/h3-7,9H,8H2,1-2H3,(H,14,15). The molecule has 0 saturated heterocycles. The van der Waals surface area contributed by atoms with E-state index in [1.807, 2.05) is 37.3 Å². The molecule has 2 rings (SSSR count). The van der Waals surface area contributed by atoms with E-state index in [2.05, 4.69) is 9.97 Å². The minimum atomic E-state index is -0.0624. The number of aromatic nitrogens is 2. The lowest BCUT2D eigenvalue weighted by molar-refractivity contribution is 0.0779. The predicted molar refractivity (Wildman–Crippen MR) is 65.6 cm³/mol. The van der Waals surface area contributed by atoms with Crippen LogP contribution in [-0.2, 0) is 6.54 Å². The van der Waals surface area contributed by atoms with Gasteiger partial charge < -0.3 is 9.88 Å². The van der Waals surface area contributed by atoms with Gasteiger partial charge >= 0.3 is 0 Å². The van der Waals surface area contributed by atoms with Crippen molar-refractivity contribution in [1.29, 1.82) is 0 Å². The first kappa shape index (κ1) is 11.4. The molecule has 0 radical (unpaired) electrons. The highest BCUT2D eigenvalue weighted by atomic mass is 16.2. The molecule has 0 unspecified atom stereocenters. The number of H-pyrrole nitrogens is 1. The number of hydrogen-bond donors (Lipinski definition) is 1. The number of aryl methyl sites for hydroxylation is 1. The Labute approximate surface area is 100 Å². The molecule has 0 bridgehead atoms. The summed E-state index contributed by atoms with van der Waals surface area (Å²) in [6.45, 7) is 2.43. The molecule has 0 saturated carbocycles. The Morgan fingerprint density at radius 1 is 1.35 bits per heavy atom. The molecule has 88 valence electrons. The van der Waals surface area contributed by atoms with Crippen molar-refractivity contribution < 1.29 is 4.79 Å². The van der Waals surface area contributed by atoms with Gasteiger partial charge in [0.25, 0.3) is 5.91 Å². The molecule has 1 amide bonds. The van der Waals surface area contributed by atoms with Gasteiger partial charge in [-0.1, -0.05) is 30.3 Å². The minimum absolute atomic E-state index is 0.0624. The number of nitrogens with one attached hydrogen (secondary N) is 1. The van der Waals surface area contributed by atoms with Crippen molar-refractivity contribution in [2.24, 2.45) is 0 Å². The Hall–Kier alpha value is -2.10. The Kier molecular flexibility index (Phi) is 3.23. The average Bonchev–Trinajstić information content (AvgIpc) is 2.76. The lowest BCUT2D eigenvalue weighted by Gasteiger charge is -2.16. The summed E-state index contributed by atoms with van der Waals surface area (Å²) >= 11 is 0. The molecule has 4 nitrogen and oxygen atoms in total. The fourth-order valence-electron chi connectivity index (χ4n) is 1.68. The van der Waals surface area contributed by atoms with Gasteiger partial charge in [-0.15, -0.1) is 0 Å². The molecule has 0 atom stereocenters. The van der Waals surface area contributed by atoms with Crippen molar-refractivity contribution in [2.45, 2.75) is 13.5 Å². The number of aromatic amines is 1. The van der Waals surface area contributed by atoms with E-state index in [0.29, 0.717) is 12.2 Å². The Bertz CT molecular complexity index is 504. The van der Waals surface area contributed by atoms with E-state index >= 15 is 0 Å². The fraction of sp³-hybridized carbons (Fsp3) is 0.231. The molecule has 0 fully saturated rings. The normalized spacial score (nSPS) is 10.2. The van der Waals surface area contributed by atoms with Crippen LogP contribution in [0.3, 0.4) is 0 Å². The highest BCUT2D eigenvalue weighted by molar-refractivity contribution is 5.93. The number of benzene rings is 1. The van der Waals surface area contributed by atoms with E-state index < -0.39 is 0 Å². The third-order valence-corrected chi connectivity index (χ3v) is 2.64. The Balaban J connectivity index is 2.09. The summed E-state index contributed by atoms with van der Waals surface area (Å²) in [5.41, 5.74) is 2.40. The Morgan fingerprint density at radius 3 is 2.65 bits per heavy atom. The number of nitrogens with zero attached hydrogens (tertiary/aromatic N) is 2. The first-order valence-corrected chi connectivity index (χ1v) is 5.48. The van der Waals surface area contributed by atoms with Crippen molar-refractivity contribution in [1.82, 2.24) is 14.9 Å². The van der Waals surface area contributed by atoms with Crippen LogP contribution in [0.15, 0.2) is 36.7 Å². The van der Waals surface area contributed by atoms with Gasteiger partial charge in [-0.25, -0.2) is 4.98 Å². The van der Waals surface area contributed by atoms with Gasteiger partial charge in [0.2, 0.25) is 0 Å². The molecular formula is C13H15N3O. The number of carbonyl (C=O) groups is 1. The zero-order valence-corrected chi connectivity index (χ0v) is 9.97. The van der Waals surface area contributed by atoms with Crippen molar-refractivity contribution in [2.75, 3.05) is 7.05 Å². The highest BCUT2D eigenvalue weighted by Crippen LogP contribution is 2.08. The van der Waals surface area contributed by atoms with Crippen LogP contribution < -0.4 is 0 Å². The Morgan fingerprint density at radius 2 is 2.06 bits per heavy atom. The van der Waals surface area contributed by atoms with Gasteiger partial charge in [-0.05, 0) is 12.5 Å². The third kappa shape index (κ3) is 2.53. The van der Waals surface area contributed by atoms with Crippen LogP contribution in [0.2, 0.25) is 0 Å². The lowest BCUT2D eigenvalue weighted by atomic mass is 10.2. The van der Waals surface area contributed by atoms with Gasteiger partial charge in [0.05, 0.1) is 6.33 Å². The van der Waals surface area contributed by atoms with Crippen molar-refractivity contribution in [3.8, 4) is 0 Å². The summed E-state index contributed by atoms with van der Waals surface area (Å²) in [6, 6.07) is 9.90. The molecule has 17 heavy (non-hydrogen) atoms. The summed E-state index contributed by atoms with van der Waals surface area (Å²) in [5, 5.41) is 0. The second-order valence-electron chi connectivity index (χ2n) is 4.02. The summed E-state index contributed by atoms with van der Waals surface area (Å²) in [5.74, 6) is -0.0624. The molecule has 1 heterocycles. The van der Waals surface area contributed by atoms with Gasteiger partial charge in [-0.3, -0.25) is 4.79 Å². The zero-order chi connectivity index (χ0) is 12.3. The molecule has 1 aromatic carbocycles. The third-order valence-electron chi connectivity index (χ3n) is 2.64. The largest absolute Gasteiger partial charge is 0.348 e. The van der Waals surface area contributed by atoms with Crippen LogP contribution in [0, 0.1) is 6.92 Å². The van der Waals surface area contributed by atoms with Gasteiger partial charge in [-0.2, -0.15) is 0 Å². The molecule has 0 aliphatic heterocycles. The second-order valence-corrected chi connectivity index (χ2v) is 4.02. The topological polar surface area (TPSA) is 49.0 Å². The number of imidazole rings is 1. The minimum Gasteiger partial charge on any atom is -0.348 e. The van der Waals surface area contributed by atoms with Crippen molar-refractivity contribution in [3.05, 3.63) is 53.6 Å². The van der Waals surface area contributed by atoms with E-state index in [1.54, 1.807) is 18.3 Å². The van der Waals surface area contributed by atoms with Crippen LogP contribution in [0.25, 0.3) is 0 Å². The van der Waals surface area contributed by atoms with Gasteiger partial charge in [0.1, 0.15) is 5.69 Å². The molecule has 0 aliphatic carbocycles. The second kappa shape index (κ2) is 4.82. The van der Waals surface area contributed by atoms with Crippen molar-refractivity contribution >= 4 is 5.91 Å². The van der Waals surface area contributed by atoms with Crippen molar-refractivity contribution in [3.63, 3.8) is 0 Å². The molecule has 1 N–H and O–H groups in total. The summed E-state index contributed by atoms with van der Waals surface area (Å²) in [6.07, 6.45) is 1.54. The first-order valence-electron chi connectivity index (χ1n) is 5.48. The lowest BCUT2D eigenvalue weighted by Crippen LogP contribution is -2.27. The predicted octanol–water partition coefficient (Wildman–Crippen LogP) is 1.99. The van der Waals surface area contributed by atoms with Gasteiger partial charge in [0.15, 0.2) is 0 Å². The molecule has 2 aromatic rings. The van der Waals surface area contributed by atoms with E-state index in [4.69, 9.17) is 0 Å². The molecule has 4 heteroatoms. The molecule has 0 aliphatic rings. The summed E-state index contributed by atoms with van der Waals surface area (Å²) in [7, 11) is 1.78. The summed E-state index contributed by atoms with van der Waals surface area (Å²) in [4.78, 5) is 20.7. The van der Waals surface area contributed by atoms with E-state index in [0.717, 1.165) is 11.3 Å². The van der Waals surface area contributed by atoms with Crippen LogP contribution in [-0.4, -0.2) is 27.8 Å². The number of rotatable bonds is 3. The maximum absolute atomic E-state index is 12.1. The maximum Gasteiger partial charge on any atom is 0.274 e. The first-order chi connectivity index (χ1) is 8.18. The van der Waals surface area contributed by atoms with E-state index in [-0.39, 0.29) is 5.91 Å². The smallest absolute Gasteiger partial charge is 0.274 e. The highest BCUT2D eigenvalue weighted by Gasteiger charge is 2.16.